The second-order valence-corrected chi connectivity index (χ2v) is 6.86. The van der Waals surface area contributed by atoms with Gasteiger partial charge >= 0.3 is 0 Å². The molecule has 132 valence electrons. The van der Waals surface area contributed by atoms with E-state index in [2.05, 4.69) is 17.4 Å². The van der Waals surface area contributed by atoms with Crippen molar-refractivity contribution < 1.29 is 14.3 Å². The largest absolute Gasteiger partial charge is 0.497 e. The fourth-order valence-corrected chi connectivity index (χ4v) is 3.57. The summed E-state index contributed by atoms with van der Waals surface area (Å²) < 4.78 is 10.8. The van der Waals surface area contributed by atoms with Crippen LogP contribution in [-0.2, 0) is 10.2 Å². The number of hydrogen-bond donors (Lipinski definition) is 1. The molecule has 4 heteroatoms. The lowest BCUT2D eigenvalue weighted by atomic mass is 9.85. The highest BCUT2D eigenvalue weighted by Crippen LogP contribution is 2.59. The molecular formula is C21H25NO3. The highest BCUT2D eigenvalue weighted by molar-refractivity contribution is 5.86. The van der Waals surface area contributed by atoms with E-state index >= 15 is 0 Å². The lowest BCUT2D eigenvalue weighted by molar-refractivity contribution is -0.123. The molecular weight excluding hydrogens is 314 g/mol. The van der Waals surface area contributed by atoms with Crippen molar-refractivity contribution in [3.05, 3.63) is 59.7 Å². The van der Waals surface area contributed by atoms with E-state index in [1.807, 2.05) is 50.2 Å². The Labute approximate surface area is 149 Å². The zero-order chi connectivity index (χ0) is 18.0. The number of rotatable bonds is 6. The first-order valence-electron chi connectivity index (χ1n) is 8.60. The molecule has 25 heavy (non-hydrogen) atoms. The Kier molecular flexibility index (Phi) is 4.71. The van der Waals surface area contributed by atoms with Gasteiger partial charge in [-0.15, -0.1) is 0 Å². The predicted octanol–water partition coefficient (Wildman–Crippen LogP) is 3.53. The van der Waals surface area contributed by atoms with Crippen LogP contribution in [0.4, 0.5) is 0 Å². The van der Waals surface area contributed by atoms with Gasteiger partial charge in [0.05, 0.1) is 20.1 Å². The second-order valence-electron chi connectivity index (χ2n) is 6.86. The van der Waals surface area contributed by atoms with Crippen LogP contribution < -0.4 is 14.8 Å². The molecule has 2 aromatic rings. The summed E-state index contributed by atoms with van der Waals surface area (Å²) in [6.07, 6.45) is 0.784. The number of hydrogen-bond acceptors (Lipinski definition) is 3. The van der Waals surface area contributed by atoms with Gasteiger partial charge in [0.1, 0.15) is 11.5 Å². The number of amides is 1. The summed E-state index contributed by atoms with van der Waals surface area (Å²) in [6.45, 7) is 3.97. The van der Waals surface area contributed by atoms with Crippen LogP contribution >= 0.6 is 0 Å². The quantitative estimate of drug-likeness (QED) is 0.876. The van der Waals surface area contributed by atoms with Gasteiger partial charge in [0.2, 0.25) is 5.91 Å². The molecule has 0 spiro atoms. The third-order valence-electron chi connectivity index (χ3n) is 4.88. The second kappa shape index (κ2) is 6.79. The van der Waals surface area contributed by atoms with Gasteiger partial charge in [-0.05, 0) is 55.7 Å². The topological polar surface area (TPSA) is 47.6 Å². The molecule has 0 aromatic heterocycles. The van der Waals surface area contributed by atoms with Crippen LogP contribution in [0.5, 0.6) is 11.5 Å². The molecule has 1 N–H and O–H groups in total. The van der Waals surface area contributed by atoms with Crippen molar-refractivity contribution in [3.63, 3.8) is 0 Å². The van der Waals surface area contributed by atoms with E-state index in [1.165, 1.54) is 0 Å². The molecule has 1 atom stereocenters. The molecule has 1 amide bonds. The van der Waals surface area contributed by atoms with Crippen molar-refractivity contribution in [3.8, 4) is 11.5 Å². The zero-order valence-electron chi connectivity index (χ0n) is 15.2. The molecule has 0 saturated heterocycles. The van der Waals surface area contributed by atoms with Crippen LogP contribution in [0.2, 0.25) is 0 Å². The Morgan fingerprint density at radius 3 is 2.00 bits per heavy atom. The van der Waals surface area contributed by atoms with E-state index in [4.69, 9.17) is 9.47 Å². The van der Waals surface area contributed by atoms with E-state index in [0.717, 1.165) is 29.0 Å². The summed E-state index contributed by atoms with van der Waals surface area (Å²) in [5.41, 5.74) is 1.87. The van der Waals surface area contributed by atoms with Gasteiger partial charge < -0.3 is 14.8 Å². The van der Waals surface area contributed by atoms with Crippen LogP contribution in [0.15, 0.2) is 48.5 Å². The molecule has 0 aliphatic heterocycles. The molecule has 1 aliphatic rings. The number of ether oxygens (including phenoxy) is 2. The molecule has 4 nitrogen and oxygen atoms in total. The van der Waals surface area contributed by atoms with Crippen LogP contribution in [0.3, 0.4) is 0 Å². The minimum Gasteiger partial charge on any atom is -0.497 e. The van der Waals surface area contributed by atoms with Gasteiger partial charge in [-0.2, -0.15) is 0 Å². The molecule has 0 radical (unpaired) electrons. The first-order valence-corrected chi connectivity index (χ1v) is 8.60. The molecule has 0 unspecified atom stereocenters. The van der Waals surface area contributed by atoms with Gasteiger partial charge in [-0.25, -0.2) is 0 Å². The van der Waals surface area contributed by atoms with Crippen molar-refractivity contribution in [2.45, 2.75) is 31.7 Å². The molecule has 0 heterocycles. The Bertz CT molecular complexity index is 722. The van der Waals surface area contributed by atoms with Crippen molar-refractivity contribution in [1.29, 1.82) is 0 Å². The number of benzene rings is 2. The summed E-state index contributed by atoms with van der Waals surface area (Å²) in [5.74, 6) is 1.61. The average molecular weight is 339 g/mol. The highest BCUT2D eigenvalue weighted by atomic mass is 16.5. The number of carbonyl (C=O) groups excluding carboxylic acids is 1. The Balaban J connectivity index is 2.05. The zero-order valence-corrected chi connectivity index (χ0v) is 15.2. The normalized spacial score (nSPS) is 17.9. The minimum absolute atomic E-state index is 0.0888. The van der Waals surface area contributed by atoms with Gasteiger partial charge in [0.15, 0.2) is 0 Å². The first-order chi connectivity index (χ1) is 12.0. The van der Waals surface area contributed by atoms with Crippen molar-refractivity contribution in [1.82, 2.24) is 5.32 Å². The summed E-state index contributed by atoms with van der Waals surface area (Å²) in [6, 6.07) is 16.1. The maximum Gasteiger partial charge on any atom is 0.224 e. The van der Waals surface area contributed by atoms with E-state index in [1.54, 1.807) is 14.2 Å². The van der Waals surface area contributed by atoms with Crippen LogP contribution in [0, 0.1) is 5.92 Å². The van der Waals surface area contributed by atoms with Gasteiger partial charge in [-0.1, -0.05) is 24.3 Å². The van der Waals surface area contributed by atoms with Crippen LogP contribution in [0.25, 0.3) is 0 Å². The lowest BCUT2D eigenvalue weighted by Crippen LogP contribution is -2.34. The molecule has 2 aromatic carbocycles. The summed E-state index contributed by atoms with van der Waals surface area (Å²) in [4.78, 5) is 12.7. The van der Waals surface area contributed by atoms with Crippen molar-refractivity contribution in [2.24, 2.45) is 5.92 Å². The first kappa shape index (κ1) is 17.3. The van der Waals surface area contributed by atoms with Crippen LogP contribution in [0.1, 0.15) is 31.4 Å². The lowest BCUT2D eigenvalue weighted by Gasteiger charge is -2.21. The third kappa shape index (κ3) is 3.21. The van der Waals surface area contributed by atoms with E-state index < -0.39 is 0 Å². The summed E-state index contributed by atoms with van der Waals surface area (Å²) >= 11 is 0. The Morgan fingerprint density at radius 2 is 1.56 bits per heavy atom. The predicted molar refractivity (Wildman–Crippen MR) is 98.2 cm³/mol. The van der Waals surface area contributed by atoms with Gasteiger partial charge in [0, 0.05) is 11.5 Å². The number of methoxy groups -OCH3 is 2. The van der Waals surface area contributed by atoms with E-state index in [0.29, 0.717) is 0 Å². The fourth-order valence-electron chi connectivity index (χ4n) is 3.57. The molecule has 1 fully saturated rings. The maximum atomic E-state index is 12.7. The Morgan fingerprint density at radius 1 is 1.04 bits per heavy atom. The SMILES string of the molecule is COc1cccc(C2(c3cccc(OC)c3)C[C@@H]2C(=O)NC(C)C)c1. The molecule has 1 aliphatic carbocycles. The average Bonchev–Trinajstić information content (AvgIpc) is 3.38. The number of nitrogens with one attached hydrogen (secondary N) is 1. The fraction of sp³-hybridized carbons (Fsp3) is 0.381. The molecule has 3 rings (SSSR count). The maximum absolute atomic E-state index is 12.7. The Hall–Kier alpha value is -2.49. The van der Waals surface area contributed by atoms with Crippen LogP contribution in [-0.4, -0.2) is 26.2 Å². The number of carbonyl (C=O) groups is 1. The summed E-state index contributed by atoms with van der Waals surface area (Å²) in [7, 11) is 3.32. The highest BCUT2D eigenvalue weighted by Gasteiger charge is 2.60. The van der Waals surface area contributed by atoms with Gasteiger partial charge in [0.25, 0.3) is 0 Å². The standard InChI is InChI=1S/C21H25NO3/c1-14(2)22-20(23)19-13-21(19,15-7-5-9-17(11-15)24-3)16-8-6-10-18(12-16)25-4/h5-12,14,19H,13H2,1-4H3,(H,22,23)/t19-/m1/s1. The van der Waals surface area contributed by atoms with E-state index in [9.17, 15) is 4.79 Å². The van der Waals surface area contributed by atoms with Gasteiger partial charge in [-0.3, -0.25) is 4.79 Å². The minimum atomic E-state index is -0.331. The molecule has 0 bridgehead atoms. The van der Waals surface area contributed by atoms with Crippen molar-refractivity contribution in [2.75, 3.05) is 14.2 Å². The summed E-state index contributed by atoms with van der Waals surface area (Å²) in [5, 5.41) is 3.05. The third-order valence-corrected chi connectivity index (χ3v) is 4.88. The van der Waals surface area contributed by atoms with Crippen molar-refractivity contribution >= 4 is 5.91 Å². The van der Waals surface area contributed by atoms with E-state index in [-0.39, 0.29) is 23.3 Å². The monoisotopic (exact) mass is 339 g/mol. The smallest absolute Gasteiger partial charge is 0.224 e. The molecule has 1 saturated carbocycles.